The average Bonchev–Trinajstić information content (AvgIpc) is 3.29. The molecule has 2 aromatic rings. The molecule has 0 amide bonds. The van der Waals surface area contributed by atoms with Gasteiger partial charge in [0, 0.05) is 0 Å². The number of hydrogen-bond donors (Lipinski definition) is 0. The van der Waals surface area contributed by atoms with Crippen molar-refractivity contribution in [3.8, 4) is 0 Å². The third-order valence-electron chi connectivity index (χ3n) is 8.56. The van der Waals surface area contributed by atoms with E-state index in [-0.39, 0.29) is 24.8 Å². The Morgan fingerprint density at radius 3 is 1.47 bits per heavy atom. The smallest absolute Gasteiger partial charge is 1.00 e. The molecule has 2 aromatic carbocycles. The van der Waals surface area contributed by atoms with Gasteiger partial charge in [-0.15, -0.1) is 0 Å². The van der Waals surface area contributed by atoms with Crippen molar-refractivity contribution in [1.82, 2.24) is 0 Å². The average molecular weight is 560 g/mol. The van der Waals surface area contributed by atoms with Crippen LogP contribution in [0.2, 0.25) is 13.1 Å². The molecule has 0 bridgehead atoms. The van der Waals surface area contributed by atoms with E-state index in [0.717, 1.165) is 19.1 Å². The van der Waals surface area contributed by atoms with Gasteiger partial charge in [0.1, 0.15) is 0 Å². The maximum atomic E-state index is 2.73. The van der Waals surface area contributed by atoms with E-state index in [4.69, 9.17) is 0 Å². The molecule has 0 saturated heterocycles. The van der Waals surface area contributed by atoms with E-state index in [2.05, 4.69) is 85.9 Å². The summed E-state index contributed by atoms with van der Waals surface area (Å²) in [6, 6.07) is 19.3. The maximum Gasteiger partial charge on any atom is -1.00 e. The Morgan fingerprint density at radius 1 is 0.656 bits per heavy atom. The summed E-state index contributed by atoms with van der Waals surface area (Å²) < 4.78 is 1.90. The fraction of sp³-hybridized carbons (Fsp3) is 0.429. The first-order chi connectivity index (χ1) is 14.8. The molecule has 0 nitrogen and oxygen atoms in total. The second-order valence-corrected chi connectivity index (χ2v) is 30.5. The zero-order valence-corrected chi connectivity index (χ0v) is 24.2. The van der Waals surface area contributed by atoms with E-state index in [1.54, 1.807) is 22.3 Å². The van der Waals surface area contributed by atoms with Crippen LogP contribution in [0.25, 0.3) is 0 Å². The third-order valence-corrected chi connectivity index (χ3v) is 31.1. The molecule has 6 rings (SSSR count). The second-order valence-electron chi connectivity index (χ2n) is 10.3. The SMILES string of the molecule is C[SiH](C)[Zr+2]([CH]1c2ccccc2C2C=CCCC21)[CH]1c2ccccc2C2C=CCCC21.[Cl-].[Cl-]. The first-order valence-corrected chi connectivity index (χ1v) is 22.1. The van der Waals surface area contributed by atoms with Crippen molar-refractivity contribution in [2.75, 3.05) is 0 Å². The van der Waals surface area contributed by atoms with Gasteiger partial charge in [0.05, 0.1) is 0 Å². The van der Waals surface area contributed by atoms with Gasteiger partial charge in [0.15, 0.2) is 0 Å². The zero-order valence-electron chi connectivity index (χ0n) is 19.1. The van der Waals surface area contributed by atoms with E-state index in [1.807, 2.05) is 0 Å². The van der Waals surface area contributed by atoms with Crippen molar-refractivity contribution in [3.05, 3.63) is 95.1 Å². The van der Waals surface area contributed by atoms with Crippen molar-refractivity contribution >= 4 is 5.92 Å². The Labute approximate surface area is 215 Å². The molecule has 0 radical (unpaired) electrons. The van der Waals surface area contributed by atoms with Crippen molar-refractivity contribution in [2.24, 2.45) is 11.8 Å². The van der Waals surface area contributed by atoms with E-state index in [9.17, 15) is 0 Å². The molecule has 0 N–H and O–H groups in total. The molecule has 32 heavy (non-hydrogen) atoms. The minimum absolute atomic E-state index is 0. The van der Waals surface area contributed by atoms with Gasteiger partial charge in [0.2, 0.25) is 0 Å². The van der Waals surface area contributed by atoms with Gasteiger partial charge in [-0.2, -0.15) is 0 Å². The summed E-state index contributed by atoms with van der Waals surface area (Å²) in [7, 11) is 0. The molecule has 0 aliphatic heterocycles. The van der Waals surface area contributed by atoms with Crippen LogP contribution < -0.4 is 24.8 Å². The van der Waals surface area contributed by atoms with E-state index < -0.39 is 26.8 Å². The summed E-state index contributed by atoms with van der Waals surface area (Å²) in [5.41, 5.74) is 6.98. The molecular formula is C28H33Cl2SiZr. The molecule has 167 valence electrons. The normalized spacial score (nSPS) is 31.1. The second kappa shape index (κ2) is 10.1. The van der Waals surface area contributed by atoms with E-state index in [0.29, 0.717) is 11.8 Å². The summed E-state index contributed by atoms with van der Waals surface area (Å²) in [5, 5.41) is 0. The molecule has 0 heterocycles. The van der Waals surface area contributed by atoms with Crippen LogP contribution in [-0.2, 0) is 20.9 Å². The van der Waals surface area contributed by atoms with Crippen LogP contribution in [0.3, 0.4) is 0 Å². The topological polar surface area (TPSA) is 0 Å². The molecule has 4 heteroatoms. The first kappa shape index (κ1) is 24.7. The van der Waals surface area contributed by atoms with E-state index in [1.165, 1.54) is 25.7 Å². The van der Waals surface area contributed by atoms with Crippen LogP contribution in [0.1, 0.15) is 67.0 Å². The zero-order chi connectivity index (χ0) is 20.2. The van der Waals surface area contributed by atoms with Gasteiger partial charge in [-0.3, -0.25) is 0 Å². The summed E-state index contributed by atoms with van der Waals surface area (Å²) in [6.07, 6.45) is 15.6. The van der Waals surface area contributed by atoms with Gasteiger partial charge in [-0.25, -0.2) is 0 Å². The van der Waals surface area contributed by atoms with Crippen molar-refractivity contribution in [2.45, 2.75) is 57.9 Å². The molecule has 0 saturated carbocycles. The quantitative estimate of drug-likeness (QED) is 0.392. The Balaban J connectivity index is 0.00000122. The predicted octanol–water partition coefficient (Wildman–Crippen LogP) is 1.21. The molecule has 0 spiro atoms. The summed E-state index contributed by atoms with van der Waals surface area (Å²) in [4.78, 5) is 0. The standard InChI is InChI=1S/2C13H13.C2H7Si.2ClH.Zr/c2*1-3-7-12-10(5-1)9-11-6-2-4-8-13(11)12;1-3-2;;;/h2*1,3-5,7-9,11,13H,2,6H2;3H,1-2H3;2*1H;/q;;;;;+2/p-2. The minimum Gasteiger partial charge on any atom is -1.00 e. The fourth-order valence-electron chi connectivity index (χ4n) is 7.55. The molecule has 4 aliphatic carbocycles. The number of hydrogen-bond acceptors (Lipinski definition) is 0. The van der Waals surface area contributed by atoms with Gasteiger partial charge in [0.25, 0.3) is 0 Å². The Morgan fingerprint density at radius 2 is 1.06 bits per heavy atom. The minimum atomic E-state index is -1.78. The van der Waals surface area contributed by atoms with Crippen molar-refractivity contribution in [3.63, 3.8) is 0 Å². The number of allylic oxidation sites excluding steroid dienone is 4. The van der Waals surface area contributed by atoms with Gasteiger partial charge < -0.3 is 24.8 Å². The van der Waals surface area contributed by atoms with Crippen molar-refractivity contribution in [1.29, 1.82) is 0 Å². The number of fused-ring (bicyclic) bond motifs is 6. The fourth-order valence-corrected chi connectivity index (χ4v) is 32.9. The van der Waals surface area contributed by atoms with Gasteiger partial charge in [-0.1, -0.05) is 0 Å². The molecule has 4 aliphatic rings. The monoisotopic (exact) mass is 557 g/mol. The van der Waals surface area contributed by atoms with Crippen LogP contribution in [0.15, 0.2) is 72.8 Å². The Kier molecular flexibility index (Phi) is 7.78. The number of benzene rings is 2. The maximum absolute atomic E-state index is 2.73. The van der Waals surface area contributed by atoms with Gasteiger partial charge >= 0.3 is 192 Å². The molecule has 6 atom stereocenters. The number of rotatable bonds is 3. The molecular weight excluding hydrogens is 527 g/mol. The molecule has 0 aromatic heterocycles. The Bertz CT molecular complexity index is 938. The first-order valence-electron chi connectivity index (χ1n) is 12.1. The largest absolute Gasteiger partial charge is 1.00 e. The van der Waals surface area contributed by atoms with Crippen LogP contribution in [0.4, 0.5) is 0 Å². The van der Waals surface area contributed by atoms with Crippen LogP contribution >= 0.6 is 0 Å². The van der Waals surface area contributed by atoms with E-state index >= 15 is 0 Å². The van der Waals surface area contributed by atoms with Crippen LogP contribution in [0, 0.1) is 11.8 Å². The summed E-state index contributed by atoms with van der Waals surface area (Å²) >= 11 is -1.78. The van der Waals surface area contributed by atoms with Crippen molar-refractivity contribution < 1.29 is 45.7 Å². The third kappa shape index (κ3) is 3.82. The molecule has 0 fully saturated rings. The molecule has 6 unspecified atom stereocenters. The Hall–Kier alpha value is -0.400. The van der Waals surface area contributed by atoms with Gasteiger partial charge in [-0.05, 0) is 0 Å². The van der Waals surface area contributed by atoms with Crippen LogP contribution in [-0.4, -0.2) is 5.92 Å². The number of halogens is 2. The summed E-state index contributed by atoms with van der Waals surface area (Å²) in [5.74, 6) is 2.54. The predicted molar refractivity (Wildman–Crippen MR) is 126 cm³/mol. The van der Waals surface area contributed by atoms with Crippen LogP contribution in [0.5, 0.6) is 0 Å². The summed E-state index contributed by atoms with van der Waals surface area (Å²) in [6.45, 7) is 5.47.